The summed E-state index contributed by atoms with van der Waals surface area (Å²) < 4.78 is 0. The monoisotopic (exact) mass is 269 g/mol. The van der Waals surface area contributed by atoms with Crippen LogP contribution in [0, 0.1) is 0 Å². The Labute approximate surface area is 109 Å². The molecule has 0 spiro atoms. The van der Waals surface area contributed by atoms with Crippen LogP contribution in [0.1, 0.15) is 6.42 Å². The molecule has 2 fully saturated rings. The van der Waals surface area contributed by atoms with Crippen LogP contribution in [0.2, 0.25) is 0 Å². The quantitative estimate of drug-likeness (QED) is 0.674. The number of fused-ring (bicyclic) bond motifs is 2. The fourth-order valence-electron chi connectivity index (χ4n) is 2.28. The highest BCUT2D eigenvalue weighted by molar-refractivity contribution is 5.94. The first-order valence-electron chi connectivity index (χ1n) is 5.87. The summed E-state index contributed by atoms with van der Waals surface area (Å²) in [7, 11) is 0. The zero-order valence-electron chi connectivity index (χ0n) is 10.2. The van der Waals surface area contributed by atoms with E-state index in [-0.39, 0.29) is 31.9 Å². The molecule has 0 unspecified atom stereocenters. The number of hydrogen-bond acceptors (Lipinski definition) is 4. The summed E-state index contributed by atoms with van der Waals surface area (Å²) in [5.41, 5.74) is 0. The van der Waals surface area contributed by atoms with Gasteiger partial charge in [-0.25, -0.2) is 9.59 Å². The van der Waals surface area contributed by atoms with Crippen molar-refractivity contribution in [1.29, 1.82) is 0 Å². The van der Waals surface area contributed by atoms with E-state index in [0.717, 1.165) is 5.06 Å². The minimum absolute atomic E-state index is 0.0365. The van der Waals surface area contributed by atoms with Gasteiger partial charge in [-0.15, -0.1) is 6.58 Å². The Morgan fingerprint density at radius 1 is 1.58 bits per heavy atom. The fourth-order valence-corrected chi connectivity index (χ4v) is 2.28. The van der Waals surface area contributed by atoms with E-state index in [4.69, 9.17) is 9.94 Å². The number of nitrogens with one attached hydrogen (secondary N) is 1. The fraction of sp³-hybridized carbons (Fsp3) is 0.545. The van der Waals surface area contributed by atoms with Gasteiger partial charge in [0, 0.05) is 13.0 Å². The number of Topliss-reactive ketones (excluding diaryl/α,β-unsaturated/α-hetero) is 1. The van der Waals surface area contributed by atoms with Crippen molar-refractivity contribution in [2.24, 2.45) is 0 Å². The number of hydrogen-bond donors (Lipinski definition) is 2. The van der Waals surface area contributed by atoms with Crippen LogP contribution in [0.25, 0.3) is 0 Å². The SMILES string of the molecule is C=CCON1C(=O)N2C[C@H]1C(=O)C[C@H]2CNC(=O)O. The molecule has 0 saturated carbocycles. The Morgan fingerprint density at radius 2 is 2.32 bits per heavy atom. The third kappa shape index (κ3) is 2.53. The number of carbonyl (C=O) groups excluding carboxylic acids is 2. The zero-order valence-corrected chi connectivity index (χ0v) is 10.2. The summed E-state index contributed by atoms with van der Waals surface area (Å²) in [5, 5.41) is 11.8. The first-order chi connectivity index (χ1) is 9.04. The lowest BCUT2D eigenvalue weighted by Gasteiger charge is -2.29. The highest BCUT2D eigenvalue weighted by atomic mass is 16.7. The zero-order chi connectivity index (χ0) is 14.0. The number of piperidine rings is 1. The van der Waals surface area contributed by atoms with Crippen LogP contribution in [0.15, 0.2) is 12.7 Å². The van der Waals surface area contributed by atoms with Gasteiger partial charge in [-0.3, -0.25) is 9.63 Å². The molecule has 2 aliphatic heterocycles. The Hall–Kier alpha value is -2.09. The van der Waals surface area contributed by atoms with E-state index in [1.54, 1.807) is 0 Å². The summed E-state index contributed by atoms with van der Waals surface area (Å²) in [6.45, 7) is 3.89. The van der Waals surface area contributed by atoms with Gasteiger partial charge in [0.2, 0.25) is 0 Å². The van der Waals surface area contributed by atoms with Gasteiger partial charge in [-0.1, -0.05) is 6.08 Å². The van der Waals surface area contributed by atoms with Gasteiger partial charge in [-0.2, -0.15) is 5.06 Å². The van der Waals surface area contributed by atoms with E-state index < -0.39 is 24.2 Å². The van der Waals surface area contributed by atoms with Gasteiger partial charge >= 0.3 is 12.1 Å². The predicted molar refractivity (Wildman–Crippen MR) is 63.3 cm³/mol. The largest absolute Gasteiger partial charge is 0.465 e. The molecule has 19 heavy (non-hydrogen) atoms. The van der Waals surface area contributed by atoms with Gasteiger partial charge in [0.1, 0.15) is 6.04 Å². The maximum Gasteiger partial charge on any atom is 0.404 e. The Bertz CT molecular complexity index is 425. The summed E-state index contributed by atoms with van der Waals surface area (Å²) >= 11 is 0. The molecule has 2 N–H and O–H groups in total. The summed E-state index contributed by atoms with van der Waals surface area (Å²) in [5.74, 6) is -0.122. The number of nitrogens with zero attached hydrogens (tertiary/aromatic N) is 2. The van der Waals surface area contributed by atoms with E-state index in [1.807, 2.05) is 0 Å². The van der Waals surface area contributed by atoms with Crippen molar-refractivity contribution >= 4 is 17.9 Å². The normalized spacial score (nSPS) is 25.7. The van der Waals surface area contributed by atoms with Crippen molar-refractivity contribution in [3.05, 3.63) is 12.7 Å². The topological polar surface area (TPSA) is 99.2 Å². The lowest BCUT2D eigenvalue weighted by Crippen LogP contribution is -2.49. The van der Waals surface area contributed by atoms with Gasteiger partial charge in [0.25, 0.3) is 0 Å². The molecule has 0 aromatic rings. The standard InChI is InChI=1S/C11H15N3O5/c1-2-3-19-14-8-6-13(11(14)18)7(4-9(8)15)5-12-10(16)17/h2,7-8,12H,1,3-6H2,(H,16,17)/t7-,8-/m0/s1. The molecule has 2 atom stereocenters. The molecular formula is C11H15N3O5. The number of carboxylic acid groups (broad SMARTS) is 1. The number of carbonyl (C=O) groups is 3. The van der Waals surface area contributed by atoms with E-state index in [0.29, 0.717) is 0 Å². The van der Waals surface area contributed by atoms with E-state index >= 15 is 0 Å². The van der Waals surface area contributed by atoms with Crippen LogP contribution in [-0.4, -0.2) is 64.8 Å². The average Bonchev–Trinajstić information content (AvgIpc) is 2.65. The molecule has 8 nitrogen and oxygen atoms in total. The van der Waals surface area contributed by atoms with E-state index in [2.05, 4.69) is 11.9 Å². The van der Waals surface area contributed by atoms with Crippen LogP contribution in [0.5, 0.6) is 0 Å². The molecule has 0 aliphatic carbocycles. The van der Waals surface area contributed by atoms with Gasteiger partial charge < -0.3 is 15.3 Å². The average molecular weight is 269 g/mol. The number of hydroxylamine groups is 2. The number of urea groups is 1. The summed E-state index contributed by atoms with van der Waals surface area (Å²) in [6, 6.07) is -1.46. The number of ketones is 1. The van der Waals surface area contributed by atoms with Crippen molar-refractivity contribution in [2.45, 2.75) is 18.5 Å². The van der Waals surface area contributed by atoms with Gasteiger partial charge in [0.05, 0.1) is 19.2 Å². The lowest BCUT2D eigenvalue weighted by atomic mass is 9.99. The van der Waals surface area contributed by atoms with Crippen LogP contribution >= 0.6 is 0 Å². The smallest absolute Gasteiger partial charge is 0.404 e. The molecule has 8 heteroatoms. The number of rotatable bonds is 5. The predicted octanol–water partition coefficient (Wildman–Crippen LogP) is -0.181. The summed E-state index contributed by atoms with van der Waals surface area (Å²) in [4.78, 5) is 41.1. The van der Waals surface area contributed by atoms with Crippen LogP contribution in [0.3, 0.4) is 0 Å². The molecular weight excluding hydrogens is 254 g/mol. The highest BCUT2D eigenvalue weighted by Crippen LogP contribution is 2.27. The van der Waals surface area contributed by atoms with Crippen LogP contribution in [0.4, 0.5) is 9.59 Å². The molecule has 0 aromatic heterocycles. The van der Waals surface area contributed by atoms with Crippen LogP contribution in [-0.2, 0) is 9.63 Å². The molecule has 0 radical (unpaired) electrons. The molecule has 2 rings (SSSR count). The maximum absolute atomic E-state index is 12.1. The molecule has 3 amide bonds. The van der Waals surface area contributed by atoms with Gasteiger partial charge in [0.15, 0.2) is 5.78 Å². The second kappa shape index (κ2) is 5.27. The van der Waals surface area contributed by atoms with Crippen molar-refractivity contribution in [1.82, 2.24) is 15.3 Å². The first kappa shape index (κ1) is 13.3. The van der Waals surface area contributed by atoms with Crippen molar-refractivity contribution in [3.8, 4) is 0 Å². The Morgan fingerprint density at radius 3 is 2.95 bits per heavy atom. The molecule has 2 aliphatic rings. The van der Waals surface area contributed by atoms with E-state index in [1.165, 1.54) is 11.0 Å². The second-order valence-electron chi connectivity index (χ2n) is 4.37. The molecule has 2 bridgehead atoms. The summed E-state index contributed by atoms with van der Waals surface area (Å²) in [6.07, 6.45) is 0.435. The van der Waals surface area contributed by atoms with Gasteiger partial charge in [-0.05, 0) is 0 Å². The molecule has 2 saturated heterocycles. The third-order valence-corrected chi connectivity index (χ3v) is 3.16. The highest BCUT2D eigenvalue weighted by Gasteiger charge is 2.49. The molecule has 104 valence electrons. The molecule has 0 aromatic carbocycles. The minimum Gasteiger partial charge on any atom is -0.465 e. The second-order valence-corrected chi connectivity index (χ2v) is 4.37. The maximum atomic E-state index is 12.1. The Balaban J connectivity index is 2.06. The van der Waals surface area contributed by atoms with Crippen molar-refractivity contribution < 1.29 is 24.3 Å². The minimum atomic E-state index is -1.18. The van der Waals surface area contributed by atoms with Crippen molar-refractivity contribution in [2.75, 3.05) is 19.7 Å². The lowest BCUT2D eigenvalue weighted by molar-refractivity contribution is -0.146. The number of amides is 3. The Kier molecular flexibility index (Phi) is 3.70. The van der Waals surface area contributed by atoms with E-state index in [9.17, 15) is 14.4 Å². The van der Waals surface area contributed by atoms with Crippen LogP contribution < -0.4 is 5.32 Å². The first-order valence-corrected chi connectivity index (χ1v) is 5.87. The molecule has 2 heterocycles. The third-order valence-electron chi connectivity index (χ3n) is 3.16. The van der Waals surface area contributed by atoms with Crippen molar-refractivity contribution in [3.63, 3.8) is 0 Å².